The number of aromatic nitrogens is 3. The molecule has 0 spiro atoms. The highest BCUT2D eigenvalue weighted by Crippen LogP contribution is 2.33. The Bertz CT molecular complexity index is 1170. The second kappa shape index (κ2) is 9.79. The van der Waals surface area contributed by atoms with E-state index >= 15 is 0 Å². The molecule has 0 bridgehead atoms. The molecule has 3 aromatic rings. The number of amides is 2. The lowest BCUT2D eigenvalue weighted by atomic mass is 10.1. The number of anilines is 1. The Morgan fingerprint density at radius 2 is 1.82 bits per heavy atom. The van der Waals surface area contributed by atoms with Crippen molar-refractivity contribution in [3.8, 4) is 0 Å². The van der Waals surface area contributed by atoms with Crippen LogP contribution in [0.3, 0.4) is 0 Å². The fraction of sp³-hybridized carbons (Fsp3) is 0.360. The second-order valence-corrected chi connectivity index (χ2v) is 9.50. The van der Waals surface area contributed by atoms with Crippen molar-refractivity contribution in [2.24, 2.45) is 7.05 Å². The maximum atomic E-state index is 13.1. The van der Waals surface area contributed by atoms with E-state index in [-0.39, 0.29) is 23.6 Å². The van der Waals surface area contributed by atoms with Gasteiger partial charge in [-0.1, -0.05) is 35.5 Å². The van der Waals surface area contributed by atoms with Gasteiger partial charge in [0.1, 0.15) is 0 Å². The Kier molecular flexibility index (Phi) is 6.83. The number of nitrogens with one attached hydrogen (secondary N) is 1. The largest absolute Gasteiger partial charge is 0.328 e. The first kappa shape index (κ1) is 23.0. The average Bonchev–Trinajstić information content (AvgIpc) is 3.41. The number of thioether (sulfide) groups is 1. The Labute approximate surface area is 198 Å². The number of aryl methyl sites for hydroxylation is 3. The smallest absolute Gasteiger partial charge is 0.254 e. The van der Waals surface area contributed by atoms with Crippen molar-refractivity contribution in [1.29, 1.82) is 0 Å². The van der Waals surface area contributed by atoms with Gasteiger partial charge in [0, 0.05) is 24.8 Å². The molecule has 1 aliphatic heterocycles. The summed E-state index contributed by atoms with van der Waals surface area (Å²) in [6, 6.07) is 13.4. The van der Waals surface area contributed by atoms with E-state index in [9.17, 15) is 9.59 Å². The molecule has 1 unspecified atom stereocenters. The molecule has 1 fully saturated rings. The van der Waals surface area contributed by atoms with Crippen LogP contribution in [0.1, 0.15) is 51.8 Å². The number of likely N-dealkylation sites (tertiary alicyclic amines) is 1. The van der Waals surface area contributed by atoms with Gasteiger partial charge in [0.05, 0.1) is 11.8 Å². The predicted octanol–water partition coefficient (Wildman–Crippen LogP) is 4.45. The molecule has 7 nitrogen and oxygen atoms in total. The standard InChI is InChI=1S/C25H29N5O2S/c1-16-7-10-19(11-8-16)24(32)30-13-5-6-21(30)23-27-28-25(29(23)4)33-15-22(31)26-20-12-9-17(2)18(3)14-20/h7-12,14,21H,5-6,13,15H2,1-4H3,(H,26,31). The van der Waals surface area contributed by atoms with Gasteiger partial charge >= 0.3 is 0 Å². The van der Waals surface area contributed by atoms with Crippen LogP contribution in [0, 0.1) is 20.8 Å². The van der Waals surface area contributed by atoms with Crippen LogP contribution in [-0.2, 0) is 11.8 Å². The van der Waals surface area contributed by atoms with E-state index in [4.69, 9.17) is 0 Å². The second-order valence-electron chi connectivity index (χ2n) is 8.56. The number of hydrogen-bond donors (Lipinski definition) is 1. The lowest BCUT2D eigenvalue weighted by Gasteiger charge is -2.24. The first-order valence-corrected chi connectivity index (χ1v) is 12.1. The summed E-state index contributed by atoms with van der Waals surface area (Å²) in [7, 11) is 1.89. The molecule has 2 amide bonds. The first-order chi connectivity index (χ1) is 15.8. The molecule has 0 radical (unpaired) electrons. The van der Waals surface area contributed by atoms with Crippen molar-refractivity contribution < 1.29 is 9.59 Å². The van der Waals surface area contributed by atoms with Crippen LogP contribution in [0.5, 0.6) is 0 Å². The fourth-order valence-electron chi connectivity index (χ4n) is 4.03. The fourth-order valence-corrected chi connectivity index (χ4v) is 4.75. The summed E-state index contributed by atoms with van der Waals surface area (Å²) in [5, 5.41) is 12.3. The molecule has 2 aromatic carbocycles. The summed E-state index contributed by atoms with van der Waals surface area (Å²) in [4.78, 5) is 27.4. The Morgan fingerprint density at radius 1 is 1.06 bits per heavy atom. The van der Waals surface area contributed by atoms with E-state index in [1.807, 2.05) is 79.8 Å². The summed E-state index contributed by atoms with van der Waals surface area (Å²) in [5.41, 5.74) is 4.93. The van der Waals surface area contributed by atoms with Crippen molar-refractivity contribution in [3.05, 3.63) is 70.5 Å². The molecule has 1 aromatic heterocycles. The zero-order valence-corrected chi connectivity index (χ0v) is 20.3. The predicted molar refractivity (Wildman–Crippen MR) is 130 cm³/mol. The van der Waals surface area contributed by atoms with Gasteiger partial charge in [-0.05, 0) is 69.0 Å². The molecular formula is C25H29N5O2S. The molecule has 0 aliphatic carbocycles. The minimum Gasteiger partial charge on any atom is -0.328 e. The number of nitrogens with zero attached hydrogens (tertiary/aromatic N) is 4. The van der Waals surface area contributed by atoms with Gasteiger partial charge < -0.3 is 14.8 Å². The van der Waals surface area contributed by atoms with E-state index < -0.39 is 0 Å². The Balaban J connectivity index is 1.41. The maximum absolute atomic E-state index is 13.1. The van der Waals surface area contributed by atoms with E-state index in [1.165, 1.54) is 17.3 Å². The van der Waals surface area contributed by atoms with Crippen LogP contribution in [0.25, 0.3) is 0 Å². The molecule has 2 heterocycles. The van der Waals surface area contributed by atoms with Crippen molar-refractivity contribution >= 4 is 29.3 Å². The van der Waals surface area contributed by atoms with Crippen LogP contribution < -0.4 is 5.32 Å². The van der Waals surface area contributed by atoms with Crippen LogP contribution in [0.4, 0.5) is 5.69 Å². The summed E-state index contributed by atoms with van der Waals surface area (Å²) < 4.78 is 1.90. The van der Waals surface area contributed by atoms with Gasteiger partial charge in [-0.3, -0.25) is 9.59 Å². The molecule has 1 aliphatic rings. The van der Waals surface area contributed by atoms with Crippen LogP contribution in [-0.4, -0.2) is 43.8 Å². The molecular weight excluding hydrogens is 434 g/mol. The summed E-state index contributed by atoms with van der Waals surface area (Å²) in [6.45, 7) is 6.78. The first-order valence-electron chi connectivity index (χ1n) is 11.1. The van der Waals surface area contributed by atoms with E-state index in [0.29, 0.717) is 17.3 Å². The molecule has 1 atom stereocenters. The van der Waals surface area contributed by atoms with E-state index in [2.05, 4.69) is 15.5 Å². The van der Waals surface area contributed by atoms with Gasteiger partial charge in [-0.25, -0.2) is 0 Å². The number of carbonyl (C=O) groups is 2. The van der Waals surface area contributed by atoms with Crippen LogP contribution in [0.15, 0.2) is 47.6 Å². The average molecular weight is 464 g/mol. The number of benzene rings is 2. The van der Waals surface area contributed by atoms with Crippen molar-refractivity contribution in [2.75, 3.05) is 17.6 Å². The topological polar surface area (TPSA) is 80.1 Å². The number of rotatable bonds is 6. The van der Waals surface area contributed by atoms with E-state index in [1.54, 1.807) is 0 Å². The van der Waals surface area contributed by atoms with Gasteiger partial charge in [-0.2, -0.15) is 0 Å². The van der Waals surface area contributed by atoms with Crippen LogP contribution in [0.2, 0.25) is 0 Å². The highest BCUT2D eigenvalue weighted by molar-refractivity contribution is 7.99. The van der Waals surface area contributed by atoms with Crippen molar-refractivity contribution in [3.63, 3.8) is 0 Å². The molecule has 1 saturated heterocycles. The van der Waals surface area contributed by atoms with Crippen molar-refractivity contribution in [2.45, 2.75) is 44.8 Å². The zero-order valence-electron chi connectivity index (χ0n) is 19.5. The Morgan fingerprint density at radius 3 is 2.55 bits per heavy atom. The van der Waals surface area contributed by atoms with Gasteiger partial charge in [0.15, 0.2) is 11.0 Å². The molecule has 4 rings (SSSR count). The highest BCUT2D eigenvalue weighted by Gasteiger charge is 2.34. The highest BCUT2D eigenvalue weighted by atomic mass is 32.2. The molecule has 8 heteroatoms. The minimum atomic E-state index is -0.116. The monoisotopic (exact) mass is 463 g/mol. The summed E-state index contributed by atoms with van der Waals surface area (Å²) in [5.74, 6) is 0.910. The minimum absolute atomic E-state index is 0.0162. The molecule has 172 valence electrons. The lowest BCUT2D eigenvalue weighted by molar-refractivity contribution is -0.113. The lowest BCUT2D eigenvalue weighted by Crippen LogP contribution is -2.31. The third-order valence-corrected chi connectivity index (χ3v) is 7.12. The zero-order chi connectivity index (χ0) is 23.5. The van der Waals surface area contributed by atoms with Gasteiger partial charge in [0.25, 0.3) is 5.91 Å². The molecule has 0 saturated carbocycles. The van der Waals surface area contributed by atoms with E-state index in [0.717, 1.165) is 35.5 Å². The summed E-state index contributed by atoms with van der Waals surface area (Å²) >= 11 is 1.34. The normalized spacial score (nSPS) is 15.6. The molecule has 33 heavy (non-hydrogen) atoms. The van der Waals surface area contributed by atoms with Gasteiger partial charge in [-0.15, -0.1) is 10.2 Å². The SMILES string of the molecule is Cc1ccc(C(=O)N2CCCC2c2nnc(SCC(=O)Nc3ccc(C)c(C)c3)n2C)cc1. The summed E-state index contributed by atoms with van der Waals surface area (Å²) in [6.07, 6.45) is 1.78. The number of carbonyl (C=O) groups excluding carboxylic acids is 2. The quantitative estimate of drug-likeness (QED) is 0.547. The van der Waals surface area contributed by atoms with Crippen LogP contribution >= 0.6 is 11.8 Å². The third-order valence-electron chi connectivity index (χ3n) is 6.10. The molecule has 1 N–H and O–H groups in total. The number of hydrogen-bond acceptors (Lipinski definition) is 5. The van der Waals surface area contributed by atoms with Crippen molar-refractivity contribution in [1.82, 2.24) is 19.7 Å². The Hall–Kier alpha value is -3.13. The third kappa shape index (κ3) is 5.11. The van der Waals surface area contributed by atoms with Gasteiger partial charge in [0.2, 0.25) is 5.91 Å². The maximum Gasteiger partial charge on any atom is 0.254 e.